The molecule has 4 nitrogen and oxygen atoms in total. The average Bonchev–Trinajstić information content (AvgIpc) is 2.60. The first kappa shape index (κ1) is 18.5. The van der Waals surface area contributed by atoms with Crippen molar-refractivity contribution < 1.29 is 13.2 Å². The zero-order valence-electron chi connectivity index (χ0n) is 14.4. The van der Waals surface area contributed by atoms with E-state index in [1.165, 1.54) is 0 Å². The maximum absolute atomic E-state index is 12.5. The molecule has 0 heterocycles. The van der Waals surface area contributed by atoms with Gasteiger partial charge in [-0.3, -0.25) is 4.72 Å². The van der Waals surface area contributed by atoms with Crippen LogP contribution in [0.2, 0.25) is 0 Å². The SMILES string of the molecule is Cc1ccc(S(=O)(=O)Nc2ccc(Oc3ccc(Br)cc3)cc2C)cc1. The van der Waals surface area contributed by atoms with Crippen LogP contribution in [0.25, 0.3) is 0 Å². The van der Waals surface area contributed by atoms with E-state index in [1.54, 1.807) is 42.5 Å². The third-order valence-corrected chi connectivity index (χ3v) is 5.73. The molecule has 0 spiro atoms. The normalized spacial score (nSPS) is 11.2. The molecular weight excluding hydrogens is 414 g/mol. The van der Waals surface area contributed by atoms with Gasteiger partial charge in [-0.15, -0.1) is 0 Å². The number of rotatable bonds is 5. The molecule has 0 aliphatic heterocycles. The summed E-state index contributed by atoms with van der Waals surface area (Å²) in [5.41, 5.74) is 2.30. The van der Waals surface area contributed by atoms with Crippen LogP contribution < -0.4 is 9.46 Å². The maximum atomic E-state index is 12.5. The quantitative estimate of drug-likeness (QED) is 0.566. The Morgan fingerprint density at radius 3 is 2.08 bits per heavy atom. The van der Waals surface area contributed by atoms with Crippen molar-refractivity contribution in [2.75, 3.05) is 4.72 Å². The predicted molar refractivity (Wildman–Crippen MR) is 107 cm³/mol. The van der Waals surface area contributed by atoms with E-state index in [9.17, 15) is 8.42 Å². The lowest BCUT2D eigenvalue weighted by atomic mass is 10.2. The van der Waals surface area contributed by atoms with Gasteiger partial charge < -0.3 is 4.74 Å². The van der Waals surface area contributed by atoms with Gasteiger partial charge in [0.05, 0.1) is 10.6 Å². The van der Waals surface area contributed by atoms with Crippen LogP contribution in [0.1, 0.15) is 11.1 Å². The van der Waals surface area contributed by atoms with E-state index in [-0.39, 0.29) is 4.90 Å². The first-order valence-electron chi connectivity index (χ1n) is 7.97. The lowest BCUT2D eigenvalue weighted by molar-refractivity contribution is 0.482. The minimum atomic E-state index is -3.63. The molecule has 0 fully saturated rings. The second-order valence-corrected chi connectivity index (χ2v) is 8.55. The van der Waals surface area contributed by atoms with Crippen LogP contribution in [0.3, 0.4) is 0 Å². The van der Waals surface area contributed by atoms with E-state index < -0.39 is 10.0 Å². The molecule has 0 radical (unpaired) electrons. The van der Waals surface area contributed by atoms with Crippen LogP contribution in [0.5, 0.6) is 11.5 Å². The van der Waals surface area contributed by atoms with E-state index in [0.717, 1.165) is 15.6 Å². The summed E-state index contributed by atoms with van der Waals surface area (Å²) in [6, 6.07) is 19.5. The van der Waals surface area contributed by atoms with Crippen LogP contribution in [-0.2, 0) is 10.0 Å². The fourth-order valence-corrected chi connectivity index (χ4v) is 3.77. The lowest BCUT2D eigenvalue weighted by Gasteiger charge is -2.13. The number of benzene rings is 3. The number of aryl methyl sites for hydroxylation is 2. The van der Waals surface area contributed by atoms with Crippen molar-refractivity contribution in [1.82, 2.24) is 0 Å². The van der Waals surface area contributed by atoms with E-state index in [2.05, 4.69) is 20.7 Å². The molecule has 1 N–H and O–H groups in total. The van der Waals surface area contributed by atoms with Crippen molar-refractivity contribution in [3.63, 3.8) is 0 Å². The largest absolute Gasteiger partial charge is 0.457 e. The van der Waals surface area contributed by atoms with Crippen LogP contribution in [0, 0.1) is 13.8 Å². The highest BCUT2D eigenvalue weighted by molar-refractivity contribution is 9.10. The first-order valence-corrected chi connectivity index (χ1v) is 10.2. The van der Waals surface area contributed by atoms with Gasteiger partial charge in [0.1, 0.15) is 11.5 Å². The second kappa shape index (κ2) is 7.51. The highest BCUT2D eigenvalue weighted by Crippen LogP contribution is 2.28. The van der Waals surface area contributed by atoms with Gasteiger partial charge >= 0.3 is 0 Å². The molecule has 3 aromatic rings. The Labute approximate surface area is 162 Å². The maximum Gasteiger partial charge on any atom is 0.261 e. The molecule has 0 aromatic heterocycles. The monoisotopic (exact) mass is 431 g/mol. The Balaban J connectivity index is 1.79. The fourth-order valence-electron chi connectivity index (χ4n) is 2.37. The summed E-state index contributed by atoms with van der Waals surface area (Å²) in [5.74, 6) is 1.35. The zero-order valence-corrected chi connectivity index (χ0v) is 16.8. The summed E-state index contributed by atoms with van der Waals surface area (Å²) in [5, 5.41) is 0. The molecule has 6 heteroatoms. The van der Waals surface area contributed by atoms with E-state index in [4.69, 9.17) is 4.74 Å². The molecule has 0 saturated heterocycles. The topological polar surface area (TPSA) is 55.4 Å². The van der Waals surface area contributed by atoms with Crippen molar-refractivity contribution in [3.8, 4) is 11.5 Å². The molecule has 0 aliphatic rings. The number of halogens is 1. The summed E-state index contributed by atoms with van der Waals surface area (Å²) < 4.78 is 34.5. The third-order valence-electron chi connectivity index (χ3n) is 3.82. The van der Waals surface area contributed by atoms with Gasteiger partial charge in [0.15, 0.2) is 0 Å². The molecule has 0 saturated carbocycles. The van der Waals surface area contributed by atoms with Crippen molar-refractivity contribution in [2.45, 2.75) is 18.7 Å². The summed E-state index contributed by atoms with van der Waals surface area (Å²) >= 11 is 3.38. The standard InChI is InChI=1S/C20H18BrNO3S/c1-14-3-10-19(11-4-14)26(23,24)22-20-12-9-18(13-15(20)2)25-17-7-5-16(21)6-8-17/h3-13,22H,1-2H3. The molecule has 26 heavy (non-hydrogen) atoms. The van der Waals surface area contributed by atoms with E-state index >= 15 is 0 Å². The van der Waals surface area contributed by atoms with Crippen molar-refractivity contribution >= 4 is 31.6 Å². The second-order valence-electron chi connectivity index (χ2n) is 5.95. The smallest absolute Gasteiger partial charge is 0.261 e. The van der Waals surface area contributed by atoms with Crippen LogP contribution in [0.15, 0.2) is 76.1 Å². The first-order chi connectivity index (χ1) is 12.3. The molecule has 0 aliphatic carbocycles. The summed E-state index contributed by atoms with van der Waals surface area (Å²) in [6.45, 7) is 3.75. The number of ether oxygens (including phenoxy) is 1. The number of sulfonamides is 1. The van der Waals surface area contributed by atoms with Crippen molar-refractivity contribution in [2.24, 2.45) is 0 Å². The molecule has 3 aromatic carbocycles. The molecule has 134 valence electrons. The minimum absolute atomic E-state index is 0.234. The molecular formula is C20H18BrNO3S. The molecule has 0 atom stereocenters. The Hall–Kier alpha value is -2.31. The van der Waals surface area contributed by atoms with Gasteiger partial charge in [0, 0.05) is 4.47 Å². The molecule has 0 unspecified atom stereocenters. The number of nitrogens with one attached hydrogen (secondary N) is 1. The highest BCUT2D eigenvalue weighted by atomic mass is 79.9. The zero-order chi connectivity index (χ0) is 18.7. The Morgan fingerprint density at radius 1 is 0.846 bits per heavy atom. The predicted octanol–water partition coefficient (Wildman–Crippen LogP) is 5.66. The van der Waals surface area contributed by atoms with Crippen LogP contribution >= 0.6 is 15.9 Å². The van der Waals surface area contributed by atoms with Gasteiger partial charge in [-0.25, -0.2) is 8.42 Å². The van der Waals surface area contributed by atoms with Crippen LogP contribution in [0.4, 0.5) is 5.69 Å². The fraction of sp³-hybridized carbons (Fsp3) is 0.100. The van der Waals surface area contributed by atoms with Crippen molar-refractivity contribution in [1.29, 1.82) is 0 Å². The lowest BCUT2D eigenvalue weighted by Crippen LogP contribution is -2.13. The van der Waals surface area contributed by atoms with Gasteiger partial charge in [-0.05, 0) is 74.0 Å². The molecule has 0 bridgehead atoms. The van der Waals surface area contributed by atoms with Gasteiger partial charge in [0.2, 0.25) is 0 Å². The van der Waals surface area contributed by atoms with Crippen LogP contribution in [-0.4, -0.2) is 8.42 Å². The molecule has 3 rings (SSSR count). The summed E-state index contributed by atoms with van der Waals surface area (Å²) in [4.78, 5) is 0.234. The number of anilines is 1. The van der Waals surface area contributed by atoms with E-state index in [0.29, 0.717) is 17.2 Å². The van der Waals surface area contributed by atoms with Gasteiger partial charge in [0.25, 0.3) is 10.0 Å². The van der Waals surface area contributed by atoms with Gasteiger partial charge in [-0.1, -0.05) is 33.6 Å². The Kier molecular flexibility index (Phi) is 5.34. The Morgan fingerprint density at radius 2 is 1.46 bits per heavy atom. The minimum Gasteiger partial charge on any atom is -0.457 e. The summed E-state index contributed by atoms with van der Waals surface area (Å²) in [7, 11) is -3.63. The van der Waals surface area contributed by atoms with E-state index in [1.807, 2.05) is 38.1 Å². The van der Waals surface area contributed by atoms with Gasteiger partial charge in [-0.2, -0.15) is 0 Å². The highest BCUT2D eigenvalue weighted by Gasteiger charge is 2.15. The summed E-state index contributed by atoms with van der Waals surface area (Å²) in [6.07, 6.45) is 0. The number of hydrogen-bond acceptors (Lipinski definition) is 3. The van der Waals surface area contributed by atoms with Crippen molar-refractivity contribution in [3.05, 3.63) is 82.3 Å². The number of hydrogen-bond donors (Lipinski definition) is 1. The molecule has 0 amide bonds. The average molecular weight is 432 g/mol. The third kappa shape index (κ3) is 4.45. The Bertz CT molecular complexity index is 1010.